The summed E-state index contributed by atoms with van der Waals surface area (Å²) in [4.78, 5) is 18.8. The average molecular weight is 444 g/mol. The minimum absolute atomic E-state index is 0.0482. The SMILES string of the molecule is NC1=NS(=O)(=O)Nc2cccc(OC[C@H]3CCCCN3C(=O)CCc3ccncc3)c21. The number of amides is 1. The van der Waals surface area contributed by atoms with E-state index in [-0.39, 0.29) is 17.8 Å². The lowest BCUT2D eigenvalue weighted by atomic mass is 10.0. The number of fused-ring (bicyclic) bond motifs is 1. The fourth-order valence-electron chi connectivity index (χ4n) is 3.97. The second-order valence-corrected chi connectivity index (χ2v) is 8.97. The van der Waals surface area contributed by atoms with Crippen LogP contribution in [0.5, 0.6) is 5.75 Å². The number of aromatic nitrogens is 1. The quantitative estimate of drug-likeness (QED) is 0.701. The highest BCUT2D eigenvalue weighted by Crippen LogP contribution is 2.31. The van der Waals surface area contributed by atoms with Crippen molar-refractivity contribution in [2.75, 3.05) is 17.9 Å². The zero-order chi connectivity index (χ0) is 21.8. The molecule has 2 aromatic rings. The Morgan fingerprint density at radius 2 is 2.03 bits per heavy atom. The van der Waals surface area contributed by atoms with Gasteiger partial charge in [0.15, 0.2) is 5.84 Å². The topological polar surface area (TPSA) is 127 Å². The summed E-state index contributed by atoms with van der Waals surface area (Å²) in [5.41, 5.74) is 7.72. The molecule has 1 amide bonds. The number of likely N-dealkylation sites (tertiary alicyclic amines) is 1. The first-order valence-corrected chi connectivity index (χ1v) is 11.7. The maximum atomic E-state index is 12.9. The summed E-state index contributed by atoms with van der Waals surface area (Å²) < 4.78 is 35.4. The number of piperidine rings is 1. The molecule has 2 aliphatic heterocycles. The number of benzene rings is 1. The fourth-order valence-corrected chi connectivity index (χ4v) is 4.81. The molecular formula is C21H25N5O4S. The summed E-state index contributed by atoms with van der Waals surface area (Å²) in [6.45, 7) is 1.01. The van der Waals surface area contributed by atoms with Crippen molar-refractivity contribution in [1.29, 1.82) is 0 Å². The van der Waals surface area contributed by atoms with Crippen LogP contribution in [-0.4, -0.2) is 49.2 Å². The number of hydrogen-bond donors (Lipinski definition) is 2. The number of rotatable bonds is 6. The highest BCUT2D eigenvalue weighted by atomic mass is 32.2. The summed E-state index contributed by atoms with van der Waals surface area (Å²) in [5.74, 6) is 0.434. The molecule has 3 N–H and O–H groups in total. The molecule has 1 atom stereocenters. The molecule has 164 valence electrons. The Hall–Kier alpha value is -3.14. The lowest BCUT2D eigenvalue weighted by molar-refractivity contribution is -0.135. The van der Waals surface area contributed by atoms with Crippen molar-refractivity contribution in [3.8, 4) is 5.75 Å². The molecule has 1 aromatic heterocycles. The number of nitrogens with zero attached hydrogens (tertiary/aromatic N) is 3. The van der Waals surface area contributed by atoms with Crippen LogP contribution in [0.1, 0.15) is 36.8 Å². The second kappa shape index (κ2) is 8.93. The Balaban J connectivity index is 1.43. The maximum absolute atomic E-state index is 12.9. The van der Waals surface area contributed by atoms with E-state index in [4.69, 9.17) is 10.5 Å². The number of aryl methyl sites for hydroxylation is 1. The molecule has 0 bridgehead atoms. The van der Waals surface area contributed by atoms with Crippen LogP contribution in [-0.2, 0) is 21.4 Å². The molecule has 1 saturated heterocycles. The number of carbonyl (C=O) groups is 1. The molecule has 10 heteroatoms. The summed E-state index contributed by atoms with van der Waals surface area (Å²) >= 11 is 0. The van der Waals surface area contributed by atoms with Crippen LogP contribution >= 0.6 is 0 Å². The van der Waals surface area contributed by atoms with Gasteiger partial charge in [-0.05, 0) is 55.5 Å². The van der Waals surface area contributed by atoms with Crippen LogP contribution in [0.25, 0.3) is 0 Å². The van der Waals surface area contributed by atoms with E-state index in [0.29, 0.717) is 43.0 Å². The normalized spacial score (nSPS) is 19.7. The van der Waals surface area contributed by atoms with Crippen LogP contribution < -0.4 is 15.2 Å². The fraction of sp³-hybridized carbons (Fsp3) is 0.381. The Morgan fingerprint density at radius 1 is 1.23 bits per heavy atom. The van der Waals surface area contributed by atoms with Gasteiger partial charge in [-0.3, -0.25) is 14.5 Å². The largest absolute Gasteiger partial charge is 0.491 e. The predicted molar refractivity (Wildman–Crippen MR) is 117 cm³/mol. The summed E-state index contributed by atoms with van der Waals surface area (Å²) in [6, 6.07) is 8.81. The number of ether oxygens (including phenoxy) is 1. The van der Waals surface area contributed by atoms with Crippen molar-refractivity contribution >= 4 is 27.6 Å². The van der Waals surface area contributed by atoms with Gasteiger partial charge in [0, 0.05) is 25.4 Å². The lowest BCUT2D eigenvalue weighted by Crippen LogP contribution is -2.46. The summed E-state index contributed by atoms with van der Waals surface area (Å²) in [7, 11) is -3.85. The Labute approximate surface area is 181 Å². The van der Waals surface area contributed by atoms with Crippen LogP contribution in [0.3, 0.4) is 0 Å². The Bertz CT molecular complexity index is 1090. The first kappa shape index (κ1) is 21.1. The third-order valence-corrected chi connectivity index (χ3v) is 6.41. The van der Waals surface area contributed by atoms with E-state index in [0.717, 1.165) is 24.8 Å². The molecule has 0 saturated carbocycles. The smallest absolute Gasteiger partial charge is 0.344 e. The molecule has 0 aliphatic carbocycles. The van der Waals surface area contributed by atoms with E-state index in [2.05, 4.69) is 14.1 Å². The molecule has 1 fully saturated rings. The minimum atomic E-state index is -3.85. The number of carbonyl (C=O) groups excluding carboxylic acids is 1. The van der Waals surface area contributed by atoms with Crippen LogP contribution in [0.2, 0.25) is 0 Å². The van der Waals surface area contributed by atoms with Gasteiger partial charge in [0.05, 0.1) is 17.3 Å². The first-order chi connectivity index (χ1) is 14.9. The number of amidine groups is 1. The van der Waals surface area contributed by atoms with Crippen molar-refractivity contribution in [2.24, 2.45) is 10.1 Å². The number of pyridine rings is 1. The zero-order valence-corrected chi connectivity index (χ0v) is 17.8. The zero-order valence-electron chi connectivity index (χ0n) is 17.0. The molecule has 4 rings (SSSR count). The van der Waals surface area contributed by atoms with Crippen LogP contribution in [0.4, 0.5) is 5.69 Å². The lowest BCUT2D eigenvalue weighted by Gasteiger charge is -2.36. The van der Waals surface area contributed by atoms with Gasteiger partial charge >= 0.3 is 10.2 Å². The van der Waals surface area contributed by atoms with E-state index in [1.165, 1.54) is 0 Å². The van der Waals surface area contributed by atoms with Crippen molar-refractivity contribution in [3.63, 3.8) is 0 Å². The summed E-state index contributed by atoms with van der Waals surface area (Å²) in [6.07, 6.45) is 7.41. The van der Waals surface area contributed by atoms with Gasteiger partial charge in [0.1, 0.15) is 12.4 Å². The number of anilines is 1. The van der Waals surface area contributed by atoms with Crippen molar-refractivity contribution < 1.29 is 17.9 Å². The monoisotopic (exact) mass is 443 g/mol. The second-order valence-electron chi connectivity index (χ2n) is 7.64. The maximum Gasteiger partial charge on any atom is 0.344 e. The molecule has 0 unspecified atom stereocenters. The molecule has 0 spiro atoms. The van der Waals surface area contributed by atoms with Gasteiger partial charge in [0.2, 0.25) is 5.91 Å². The Morgan fingerprint density at radius 3 is 2.84 bits per heavy atom. The van der Waals surface area contributed by atoms with Gasteiger partial charge in [0.25, 0.3) is 0 Å². The van der Waals surface area contributed by atoms with E-state index < -0.39 is 10.2 Å². The summed E-state index contributed by atoms with van der Waals surface area (Å²) in [5, 5.41) is 0. The molecule has 31 heavy (non-hydrogen) atoms. The van der Waals surface area contributed by atoms with E-state index in [1.807, 2.05) is 17.0 Å². The number of nitrogens with two attached hydrogens (primary N) is 1. The van der Waals surface area contributed by atoms with Crippen LogP contribution in [0.15, 0.2) is 47.1 Å². The average Bonchev–Trinajstić information content (AvgIpc) is 2.76. The van der Waals surface area contributed by atoms with Gasteiger partial charge in [-0.1, -0.05) is 6.07 Å². The van der Waals surface area contributed by atoms with Crippen molar-refractivity contribution in [3.05, 3.63) is 53.9 Å². The van der Waals surface area contributed by atoms with Gasteiger partial charge < -0.3 is 15.4 Å². The van der Waals surface area contributed by atoms with Crippen LogP contribution in [0, 0.1) is 0 Å². The third kappa shape index (κ3) is 4.96. The third-order valence-electron chi connectivity index (χ3n) is 5.50. The van der Waals surface area contributed by atoms with E-state index in [1.54, 1.807) is 30.6 Å². The number of hydrogen-bond acceptors (Lipinski definition) is 6. The highest BCUT2D eigenvalue weighted by molar-refractivity contribution is 7.91. The molecule has 1 aromatic carbocycles. The van der Waals surface area contributed by atoms with Gasteiger partial charge in [-0.2, -0.15) is 8.42 Å². The van der Waals surface area contributed by atoms with E-state index in [9.17, 15) is 13.2 Å². The minimum Gasteiger partial charge on any atom is -0.491 e. The Kier molecular flexibility index (Phi) is 6.08. The molecule has 9 nitrogen and oxygen atoms in total. The van der Waals surface area contributed by atoms with Gasteiger partial charge in [-0.15, -0.1) is 4.40 Å². The standard InChI is InChI=1S/C21H25N5O4S/c22-21-20-17(24-31(28,29)25-21)5-3-6-18(20)30-14-16-4-1-2-13-26(16)19(27)8-7-15-9-11-23-12-10-15/h3,5-6,9-12,16,24H,1-2,4,7-8,13-14H2,(H2,22,25)/t16-/m1/s1. The number of nitrogens with one attached hydrogen (secondary N) is 1. The van der Waals surface area contributed by atoms with Crippen molar-refractivity contribution in [1.82, 2.24) is 9.88 Å². The van der Waals surface area contributed by atoms with Gasteiger partial charge in [-0.25, -0.2) is 0 Å². The highest BCUT2D eigenvalue weighted by Gasteiger charge is 2.29. The predicted octanol–water partition coefficient (Wildman–Crippen LogP) is 1.85. The molecule has 0 radical (unpaired) electrons. The first-order valence-electron chi connectivity index (χ1n) is 10.3. The molecule has 2 aliphatic rings. The molecular weight excluding hydrogens is 418 g/mol. The van der Waals surface area contributed by atoms with E-state index >= 15 is 0 Å². The molecule has 3 heterocycles. The van der Waals surface area contributed by atoms with Crippen molar-refractivity contribution in [2.45, 2.75) is 38.1 Å².